The Kier molecular flexibility index (Phi) is 4.02. The molecule has 0 aliphatic rings. The molecular weight excluding hydrogens is 265 g/mol. The lowest BCUT2D eigenvalue weighted by Crippen LogP contribution is -2.16. The van der Waals surface area contributed by atoms with E-state index < -0.39 is 28.8 Å². The molecule has 0 atom stereocenters. The minimum atomic E-state index is -0.877. The second-order valence-corrected chi connectivity index (χ2v) is 4.33. The van der Waals surface area contributed by atoms with Crippen LogP contribution in [0.3, 0.4) is 0 Å². The normalized spacial score (nSPS) is 10.7. The second-order valence-electron chi connectivity index (χ2n) is 4.33. The van der Waals surface area contributed by atoms with E-state index in [2.05, 4.69) is 4.98 Å². The summed E-state index contributed by atoms with van der Waals surface area (Å²) in [4.78, 5) is 25.8. The van der Waals surface area contributed by atoms with Gasteiger partial charge in [0.1, 0.15) is 5.82 Å². The third kappa shape index (κ3) is 2.49. The molecule has 0 amide bonds. The number of aromatic hydroxyl groups is 1. The van der Waals surface area contributed by atoms with E-state index in [9.17, 15) is 19.1 Å². The quantitative estimate of drug-likeness (QED) is 0.665. The van der Waals surface area contributed by atoms with Gasteiger partial charge in [-0.25, -0.2) is 9.18 Å². The average Bonchev–Trinajstić information content (AvgIpc) is 2.42. The maximum absolute atomic E-state index is 13.7. The van der Waals surface area contributed by atoms with Gasteiger partial charge in [0, 0.05) is 0 Å². The highest BCUT2D eigenvalue weighted by Gasteiger charge is 2.20. The van der Waals surface area contributed by atoms with Crippen LogP contribution in [0.2, 0.25) is 0 Å². The molecule has 106 valence electrons. The number of aromatic amines is 1. The Balaban J connectivity index is 2.50. The lowest BCUT2D eigenvalue weighted by atomic mass is 10.1. The zero-order valence-corrected chi connectivity index (χ0v) is 10.9. The first-order valence-electron chi connectivity index (χ1n) is 6.26. The standard InChI is InChI=1S/C14H14FNO4/c1-2-3-7-20-14(19)11-12(17)10-8(13(18)16-11)5-4-6-9(10)15/h4-6,17H,2-3,7H2,1H3,(H,16,18). The number of ether oxygens (including phenoxy) is 1. The van der Waals surface area contributed by atoms with Crippen molar-refractivity contribution in [2.24, 2.45) is 0 Å². The van der Waals surface area contributed by atoms with Crippen molar-refractivity contribution in [3.8, 4) is 5.75 Å². The Labute approximate surface area is 114 Å². The van der Waals surface area contributed by atoms with Crippen LogP contribution in [0, 0.1) is 5.82 Å². The Bertz CT molecular complexity index is 708. The van der Waals surface area contributed by atoms with E-state index in [4.69, 9.17) is 4.74 Å². The number of fused-ring (bicyclic) bond motifs is 1. The topological polar surface area (TPSA) is 79.4 Å². The fraction of sp³-hybridized carbons (Fsp3) is 0.286. The molecule has 0 radical (unpaired) electrons. The Morgan fingerprint density at radius 2 is 2.20 bits per heavy atom. The maximum atomic E-state index is 13.7. The van der Waals surface area contributed by atoms with Crippen molar-refractivity contribution in [1.82, 2.24) is 4.98 Å². The van der Waals surface area contributed by atoms with Crippen molar-refractivity contribution in [2.45, 2.75) is 19.8 Å². The molecule has 0 aliphatic heterocycles. The summed E-state index contributed by atoms with van der Waals surface area (Å²) < 4.78 is 18.6. The molecule has 1 aromatic carbocycles. The van der Waals surface area contributed by atoms with Crippen molar-refractivity contribution in [3.63, 3.8) is 0 Å². The average molecular weight is 279 g/mol. The summed E-state index contributed by atoms with van der Waals surface area (Å²) in [6.45, 7) is 2.10. The van der Waals surface area contributed by atoms with Crippen LogP contribution < -0.4 is 5.56 Å². The number of unbranched alkanes of at least 4 members (excludes halogenated alkanes) is 1. The number of esters is 1. The third-order valence-corrected chi connectivity index (χ3v) is 2.91. The first kappa shape index (κ1) is 14.0. The van der Waals surface area contributed by atoms with Gasteiger partial charge in [-0.2, -0.15) is 0 Å². The molecule has 0 fully saturated rings. The third-order valence-electron chi connectivity index (χ3n) is 2.91. The number of carbonyl (C=O) groups excluding carboxylic acids is 1. The van der Waals surface area contributed by atoms with Gasteiger partial charge in [0.25, 0.3) is 5.56 Å². The molecule has 0 unspecified atom stereocenters. The van der Waals surface area contributed by atoms with Crippen LogP contribution >= 0.6 is 0 Å². The lowest BCUT2D eigenvalue weighted by molar-refractivity contribution is 0.0489. The molecule has 2 aromatic rings. The summed E-state index contributed by atoms with van der Waals surface area (Å²) >= 11 is 0. The van der Waals surface area contributed by atoms with Crippen LogP contribution in [0.25, 0.3) is 10.8 Å². The van der Waals surface area contributed by atoms with Gasteiger partial charge in [-0.3, -0.25) is 4.79 Å². The van der Waals surface area contributed by atoms with Gasteiger partial charge in [0.15, 0.2) is 11.4 Å². The van der Waals surface area contributed by atoms with Crippen molar-refractivity contribution >= 4 is 16.7 Å². The highest BCUT2D eigenvalue weighted by Crippen LogP contribution is 2.27. The van der Waals surface area contributed by atoms with Gasteiger partial charge < -0.3 is 14.8 Å². The Morgan fingerprint density at radius 3 is 2.90 bits per heavy atom. The molecule has 20 heavy (non-hydrogen) atoms. The summed E-state index contributed by atoms with van der Waals surface area (Å²) in [5.74, 6) is -2.26. The molecule has 0 bridgehead atoms. The van der Waals surface area contributed by atoms with E-state index in [0.717, 1.165) is 12.5 Å². The predicted molar refractivity (Wildman–Crippen MR) is 71.4 cm³/mol. The van der Waals surface area contributed by atoms with E-state index in [-0.39, 0.29) is 17.4 Å². The number of hydrogen-bond acceptors (Lipinski definition) is 4. The number of nitrogens with one attached hydrogen (secondary N) is 1. The molecule has 5 nitrogen and oxygen atoms in total. The summed E-state index contributed by atoms with van der Waals surface area (Å²) in [6, 6.07) is 3.82. The maximum Gasteiger partial charge on any atom is 0.358 e. The van der Waals surface area contributed by atoms with Gasteiger partial charge in [0.2, 0.25) is 0 Å². The minimum absolute atomic E-state index is 0.0207. The number of rotatable bonds is 4. The number of hydrogen-bond donors (Lipinski definition) is 2. The molecule has 1 aromatic heterocycles. The van der Waals surface area contributed by atoms with Crippen molar-refractivity contribution < 1.29 is 19.0 Å². The Hall–Kier alpha value is -2.37. The smallest absolute Gasteiger partial charge is 0.358 e. The van der Waals surface area contributed by atoms with Gasteiger partial charge in [-0.05, 0) is 18.6 Å². The van der Waals surface area contributed by atoms with E-state index >= 15 is 0 Å². The summed E-state index contributed by atoms with van der Waals surface area (Å²) in [5, 5.41) is 9.67. The largest absolute Gasteiger partial charge is 0.505 e. The number of aromatic nitrogens is 1. The second kappa shape index (κ2) is 5.73. The number of H-pyrrole nitrogens is 1. The highest BCUT2D eigenvalue weighted by atomic mass is 19.1. The highest BCUT2D eigenvalue weighted by molar-refractivity contribution is 5.99. The molecule has 6 heteroatoms. The predicted octanol–water partition coefficient (Wildman–Crippen LogP) is 2.33. The van der Waals surface area contributed by atoms with E-state index in [1.54, 1.807) is 0 Å². The van der Waals surface area contributed by atoms with Gasteiger partial charge in [-0.15, -0.1) is 0 Å². The fourth-order valence-electron chi connectivity index (χ4n) is 1.85. The van der Waals surface area contributed by atoms with Gasteiger partial charge in [0.05, 0.1) is 17.4 Å². The van der Waals surface area contributed by atoms with Gasteiger partial charge >= 0.3 is 5.97 Å². The fourth-order valence-corrected chi connectivity index (χ4v) is 1.85. The lowest BCUT2D eigenvalue weighted by Gasteiger charge is -2.08. The van der Waals surface area contributed by atoms with E-state index in [1.165, 1.54) is 12.1 Å². The molecular formula is C14H14FNO4. The Morgan fingerprint density at radius 1 is 1.45 bits per heavy atom. The molecule has 0 saturated carbocycles. The first-order chi connectivity index (χ1) is 9.56. The summed E-state index contributed by atoms with van der Waals surface area (Å²) in [7, 11) is 0. The molecule has 0 spiro atoms. The molecule has 1 heterocycles. The first-order valence-corrected chi connectivity index (χ1v) is 6.26. The summed E-state index contributed by atoms with van der Waals surface area (Å²) in [6.07, 6.45) is 1.50. The van der Waals surface area contributed by atoms with Crippen molar-refractivity contribution in [2.75, 3.05) is 6.61 Å². The number of halogens is 1. The molecule has 2 rings (SSSR count). The van der Waals surface area contributed by atoms with E-state index in [1.807, 2.05) is 6.92 Å². The molecule has 0 aliphatic carbocycles. The van der Waals surface area contributed by atoms with Crippen LogP contribution in [0.1, 0.15) is 30.3 Å². The minimum Gasteiger partial charge on any atom is -0.505 e. The van der Waals surface area contributed by atoms with Crippen LogP contribution in [-0.2, 0) is 4.74 Å². The molecule has 2 N–H and O–H groups in total. The monoisotopic (exact) mass is 279 g/mol. The van der Waals surface area contributed by atoms with E-state index in [0.29, 0.717) is 6.42 Å². The zero-order valence-electron chi connectivity index (χ0n) is 10.9. The zero-order chi connectivity index (χ0) is 14.7. The van der Waals surface area contributed by atoms with Gasteiger partial charge in [-0.1, -0.05) is 19.4 Å². The van der Waals surface area contributed by atoms with Crippen molar-refractivity contribution in [1.29, 1.82) is 0 Å². The van der Waals surface area contributed by atoms with Crippen LogP contribution in [-0.4, -0.2) is 22.7 Å². The van der Waals surface area contributed by atoms with Crippen LogP contribution in [0.5, 0.6) is 5.75 Å². The SMILES string of the molecule is CCCCOC(=O)c1[nH]c(=O)c2cccc(F)c2c1O. The number of benzene rings is 1. The summed E-state index contributed by atoms with van der Waals surface area (Å²) in [5.41, 5.74) is -1.08. The van der Waals surface area contributed by atoms with Crippen LogP contribution in [0.4, 0.5) is 4.39 Å². The van der Waals surface area contributed by atoms with Crippen LogP contribution in [0.15, 0.2) is 23.0 Å². The number of carbonyl (C=O) groups is 1. The van der Waals surface area contributed by atoms with Crippen molar-refractivity contribution in [3.05, 3.63) is 40.1 Å². The molecule has 0 saturated heterocycles. The number of pyridine rings is 1.